The van der Waals surface area contributed by atoms with Gasteiger partial charge in [-0.1, -0.05) is 154 Å². The average molecular weight is 791 g/mol. The van der Waals surface area contributed by atoms with Crippen LogP contribution in [0, 0.1) is 0 Å². The zero-order valence-electron chi connectivity index (χ0n) is 35.0. The van der Waals surface area contributed by atoms with Gasteiger partial charge in [0.05, 0.1) is 27.7 Å². The lowest BCUT2D eigenvalue weighted by Crippen LogP contribution is -2.37. The zero-order valence-corrected chi connectivity index (χ0v) is 35.9. The first-order valence-corrected chi connectivity index (χ1v) is 22.8. The lowest BCUT2D eigenvalue weighted by atomic mass is 10.0. The number of unbranched alkanes of at least 4 members (excludes halogenated alkanes) is 19. The summed E-state index contributed by atoms with van der Waals surface area (Å²) < 4.78 is 34.2. The number of hydrogen-bond donors (Lipinski definition) is 2. The Bertz CT molecular complexity index is 1000. The number of phosphoric ester groups is 1. The highest BCUT2D eigenvalue weighted by Crippen LogP contribution is 2.43. The number of hydrogen-bond acceptors (Lipinski definition) is 9. The second-order valence-corrected chi connectivity index (χ2v) is 17.1. The number of carbonyl (C=O) groups excluding carboxylic acids is 2. The second-order valence-electron chi connectivity index (χ2n) is 15.7. The first-order valence-electron chi connectivity index (χ1n) is 21.3. The van der Waals surface area contributed by atoms with Crippen molar-refractivity contribution < 1.29 is 52.2 Å². The Morgan fingerprint density at radius 1 is 0.667 bits per heavy atom. The van der Waals surface area contributed by atoms with Crippen LogP contribution in [0.2, 0.25) is 0 Å². The monoisotopic (exact) mass is 791 g/mol. The molecule has 0 aliphatic rings. The molecule has 318 valence electrons. The molecule has 0 bridgehead atoms. The van der Waals surface area contributed by atoms with Gasteiger partial charge in [0.15, 0.2) is 6.10 Å². The van der Waals surface area contributed by atoms with E-state index in [1.54, 1.807) is 0 Å². The summed E-state index contributed by atoms with van der Waals surface area (Å²) in [4.78, 5) is 39.8. The molecule has 0 aromatic carbocycles. The smallest absolute Gasteiger partial charge is 0.462 e. The maximum Gasteiger partial charge on any atom is 0.472 e. The topological polar surface area (TPSA) is 138 Å². The molecule has 0 saturated heterocycles. The summed E-state index contributed by atoms with van der Waals surface area (Å²) in [5.41, 5.74) is 0. The predicted molar refractivity (Wildman–Crippen MR) is 218 cm³/mol. The van der Waals surface area contributed by atoms with Gasteiger partial charge in [0.25, 0.3) is 0 Å². The Balaban J connectivity index is 4.48. The predicted octanol–water partition coefficient (Wildman–Crippen LogP) is 11.0. The third-order valence-electron chi connectivity index (χ3n) is 9.21. The van der Waals surface area contributed by atoms with Gasteiger partial charge in [0.2, 0.25) is 0 Å². The molecule has 0 aromatic rings. The van der Waals surface area contributed by atoms with Crippen LogP contribution in [-0.4, -0.2) is 86.3 Å². The van der Waals surface area contributed by atoms with Crippen molar-refractivity contribution in [2.75, 3.05) is 47.5 Å². The van der Waals surface area contributed by atoms with Crippen LogP contribution in [0.5, 0.6) is 0 Å². The zero-order chi connectivity index (χ0) is 40.2. The molecule has 0 rings (SSSR count). The van der Waals surface area contributed by atoms with Crippen molar-refractivity contribution >= 4 is 19.8 Å². The number of quaternary nitrogens is 1. The first kappa shape index (κ1) is 52.4. The average Bonchev–Trinajstić information content (AvgIpc) is 3.12. The van der Waals surface area contributed by atoms with Crippen LogP contribution < -0.4 is 0 Å². The lowest BCUT2D eigenvalue weighted by molar-refractivity contribution is -0.870. The van der Waals surface area contributed by atoms with Gasteiger partial charge in [-0.2, -0.15) is 0 Å². The third kappa shape index (κ3) is 37.3. The molecule has 54 heavy (non-hydrogen) atoms. The normalized spacial score (nSPS) is 14.4. The minimum absolute atomic E-state index is 0.0167. The van der Waals surface area contributed by atoms with E-state index in [0.717, 1.165) is 77.0 Å². The third-order valence-corrected chi connectivity index (χ3v) is 10.2. The Hall–Kier alpha value is -1.59. The minimum atomic E-state index is -4.39. The van der Waals surface area contributed by atoms with Gasteiger partial charge in [-0.3, -0.25) is 23.9 Å². The van der Waals surface area contributed by atoms with Crippen molar-refractivity contribution in [3.05, 3.63) is 24.3 Å². The van der Waals surface area contributed by atoms with Crippen LogP contribution in [0.1, 0.15) is 174 Å². The van der Waals surface area contributed by atoms with E-state index in [1.165, 1.54) is 64.2 Å². The highest BCUT2D eigenvalue weighted by atomic mass is 31.2. The number of ether oxygens (including phenoxy) is 2. The van der Waals surface area contributed by atoms with Gasteiger partial charge < -0.3 is 18.9 Å². The summed E-state index contributed by atoms with van der Waals surface area (Å²) in [6.07, 6.45) is 32.5. The van der Waals surface area contributed by atoms with E-state index in [4.69, 9.17) is 23.8 Å². The van der Waals surface area contributed by atoms with Crippen LogP contribution in [0.3, 0.4) is 0 Å². The molecule has 0 saturated carbocycles. The largest absolute Gasteiger partial charge is 0.472 e. The molecule has 0 fully saturated rings. The number of likely N-dealkylation sites (N-methyl/N-ethyl adjacent to an activating group) is 1. The molecule has 0 aliphatic carbocycles. The van der Waals surface area contributed by atoms with Gasteiger partial charge >= 0.3 is 19.8 Å². The second kappa shape index (κ2) is 35.8. The van der Waals surface area contributed by atoms with E-state index < -0.39 is 26.5 Å². The summed E-state index contributed by atoms with van der Waals surface area (Å²) in [6, 6.07) is 0. The molecule has 1 unspecified atom stereocenters. The van der Waals surface area contributed by atoms with Gasteiger partial charge in [-0.05, 0) is 32.1 Å². The molecule has 12 heteroatoms. The van der Waals surface area contributed by atoms with Crippen LogP contribution in [0.25, 0.3) is 0 Å². The fourth-order valence-corrected chi connectivity index (χ4v) is 6.50. The number of allylic oxidation sites excluding steroid dienone is 3. The number of esters is 2. The molecular weight excluding hydrogens is 709 g/mol. The van der Waals surface area contributed by atoms with Crippen molar-refractivity contribution in [1.29, 1.82) is 0 Å². The maximum atomic E-state index is 12.7. The molecular formula is C42H81NO10P+. The molecule has 3 atom stereocenters. The molecule has 0 amide bonds. The molecule has 0 spiro atoms. The van der Waals surface area contributed by atoms with Crippen molar-refractivity contribution in [2.24, 2.45) is 0 Å². The van der Waals surface area contributed by atoms with Crippen molar-refractivity contribution in [3.63, 3.8) is 0 Å². The fourth-order valence-electron chi connectivity index (χ4n) is 5.76. The van der Waals surface area contributed by atoms with E-state index >= 15 is 0 Å². The summed E-state index contributed by atoms with van der Waals surface area (Å²) >= 11 is 0. The molecule has 11 nitrogen and oxygen atoms in total. The van der Waals surface area contributed by atoms with Crippen LogP contribution in [0.15, 0.2) is 24.3 Å². The minimum Gasteiger partial charge on any atom is -0.462 e. The molecule has 0 heterocycles. The summed E-state index contributed by atoms with van der Waals surface area (Å²) in [7, 11) is 1.42. The van der Waals surface area contributed by atoms with Crippen molar-refractivity contribution in [3.8, 4) is 0 Å². The van der Waals surface area contributed by atoms with Gasteiger partial charge in [0, 0.05) is 12.8 Å². The number of nitrogens with zero attached hydrogens (tertiary/aromatic N) is 1. The molecule has 0 radical (unpaired) electrons. The highest BCUT2D eigenvalue weighted by Gasteiger charge is 2.27. The summed E-state index contributed by atoms with van der Waals surface area (Å²) in [5, 5.41) is 9.02. The molecule has 2 N–H and O–H groups in total. The number of carbonyl (C=O) groups is 2. The van der Waals surface area contributed by atoms with E-state index in [0.29, 0.717) is 17.4 Å². The standard InChI is InChI=1S/C42H80NO10P/c1-6-8-10-11-12-13-14-15-16-19-22-25-29-33-41(44)49-37-40(38-51-54(47,48)50-36-35-43(3,4)5)52-42(45)34-30-26-23-20-17-18-21-24-28-32-39(53-46)31-27-9-7-2/h21,24,28,32,39-40H,6-20,22-23,25-27,29-31,33-38H2,1-5H3,(H-,46,47,48)/p+1/b24-21-,32-28+/t39-,40-/m1/s1. The molecule has 0 aliphatic heterocycles. The van der Waals surface area contributed by atoms with E-state index in [-0.39, 0.29) is 38.1 Å². The van der Waals surface area contributed by atoms with E-state index in [1.807, 2.05) is 39.4 Å². The Morgan fingerprint density at radius 2 is 1.19 bits per heavy atom. The lowest BCUT2D eigenvalue weighted by Gasteiger charge is -2.24. The maximum absolute atomic E-state index is 12.7. The summed E-state index contributed by atoms with van der Waals surface area (Å²) in [6.45, 7) is 4.22. The van der Waals surface area contributed by atoms with Gasteiger partial charge in [-0.15, -0.1) is 0 Å². The number of rotatable bonds is 39. The summed E-state index contributed by atoms with van der Waals surface area (Å²) in [5.74, 6) is -0.855. The quantitative estimate of drug-likeness (QED) is 0.0118. The Morgan fingerprint density at radius 3 is 1.74 bits per heavy atom. The van der Waals surface area contributed by atoms with E-state index in [9.17, 15) is 19.0 Å². The highest BCUT2D eigenvalue weighted by molar-refractivity contribution is 7.47. The first-order chi connectivity index (χ1) is 25.9. The Labute approximate surface area is 329 Å². The Kier molecular flexibility index (Phi) is 34.7. The van der Waals surface area contributed by atoms with Crippen LogP contribution in [0.4, 0.5) is 0 Å². The number of phosphoric acid groups is 1. The van der Waals surface area contributed by atoms with Gasteiger partial charge in [-0.25, -0.2) is 9.45 Å². The van der Waals surface area contributed by atoms with Crippen LogP contribution in [-0.2, 0) is 37.6 Å². The SMILES string of the molecule is CCCCCCCCCCCCCCCC(=O)OC[C@H](COP(=O)(O)OCC[N+](C)(C)C)OC(=O)CCCCCCC/C=C\C=C\[C@@H](CCCCC)OO. The van der Waals surface area contributed by atoms with Gasteiger partial charge in [0.1, 0.15) is 25.9 Å². The van der Waals surface area contributed by atoms with Crippen LogP contribution >= 0.6 is 7.82 Å². The fraction of sp³-hybridized carbons (Fsp3) is 0.857. The van der Waals surface area contributed by atoms with E-state index in [2.05, 4.69) is 24.8 Å². The molecule has 0 aromatic heterocycles. The van der Waals surface area contributed by atoms with Crippen molar-refractivity contribution in [1.82, 2.24) is 0 Å². The van der Waals surface area contributed by atoms with Crippen molar-refractivity contribution in [2.45, 2.75) is 187 Å².